The summed E-state index contributed by atoms with van der Waals surface area (Å²) in [5, 5.41) is 9.02. The fourth-order valence-electron chi connectivity index (χ4n) is 2.39. The summed E-state index contributed by atoms with van der Waals surface area (Å²) in [5.74, 6) is 0.988. The van der Waals surface area contributed by atoms with E-state index in [0.717, 1.165) is 30.9 Å². The SMILES string of the molecule is OCc1ccc(N2CCc3ccccc3C2)nc1. The highest BCUT2D eigenvalue weighted by Gasteiger charge is 2.16. The van der Waals surface area contributed by atoms with E-state index < -0.39 is 0 Å². The number of nitrogens with zero attached hydrogens (tertiary/aromatic N) is 2. The van der Waals surface area contributed by atoms with Crippen molar-refractivity contribution in [1.82, 2.24) is 4.98 Å². The van der Waals surface area contributed by atoms with E-state index in [1.54, 1.807) is 6.20 Å². The van der Waals surface area contributed by atoms with Crippen molar-refractivity contribution in [2.24, 2.45) is 0 Å². The molecule has 3 rings (SSSR count). The minimum atomic E-state index is 0.0517. The molecule has 0 aliphatic carbocycles. The number of hydrogen-bond acceptors (Lipinski definition) is 3. The molecule has 0 radical (unpaired) electrons. The minimum absolute atomic E-state index is 0.0517. The van der Waals surface area contributed by atoms with Gasteiger partial charge in [0.2, 0.25) is 0 Å². The van der Waals surface area contributed by atoms with E-state index in [0.29, 0.717) is 0 Å². The van der Waals surface area contributed by atoms with E-state index in [1.165, 1.54) is 11.1 Å². The van der Waals surface area contributed by atoms with Gasteiger partial charge >= 0.3 is 0 Å². The van der Waals surface area contributed by atoms with Crippen molar-refractivity contribution in [1.29, 1.82) is 0 Å². The lowest BCUT2D eigenvalue weighted by atomic mass is 10.00. The average Bonchev–Trinajstić information content (AvgIpc) is 2.47. The highest BCUT2D eigenvalue weighted by molar-refractivity contribution is 5.44. The monoisotopic (exact) mass is 240 g/mol. The molecule has 2 aromatic rings. The maximum Gasteiger partial charge on any atom is 0.128 e. The van der Waals surface area contributed by atoms with Crippen LogP contribution >= 0.6 is 0 Å². The first-order chi connectivity index (χ1) is 8.86. The van der Waals surface area contributed by atoms with Crippen LogP contribution in [-0.2, 0) is 19.6 Å². The Morgan fingerprint density at radius 3 is 2.67 bits per heavy atom. The van der Waals surface area contributed by atoms with Crippen LogP contribution in [-0.4, -0.2) is 16.6 Å². The maximum atomic E-state index is 9.02. The Morgan fingerprint density at radius 2 is 1.94 bits per heavy atom. The van der Waals surface area contributed by atoms with E-state index in [9.17, 15) is 0 Å². The smallest absolute Gasteiger partial charge is 0.128 e. The first kappa shape index (κ1) is 11.2. The topological polar surface area (TPSA) is 36.4 Å². The molecule has 0 fully saturated rings. The molecule has 92 valence electrons. The second-order valence-corrected chi connectivity index (χ2v) is 4.62. The van der Waals surface area contributed by atoms with Crippen molar-refractivity contribution in [2.45, 2.75) is 19.6 Å². The van der Waals surface area contributed by atoms with Crippen molar-refractivity contribution in [2.75, 3.05) is 11.4 Å². The van der Waals surface area contributed by atoms with Crippen LogP contribution in [0.3, 0.4) is 0 Å². The molecule has 0 spiro atoms. The number of aromatic nitrogens is 1. The Balaban J connectivity index is 1.82. The van der Waals surface area contributed by atoms with Gasteiger partial charge in [0, 0.05) is 19.3 Å². The Labute approximate surface area is 107 Å². The van der Waals surface area contributed by atoms with E-state index in [4.69, 9.17) is 5.11 Å². The first-order valence-corrected chi connectivity index (χ1v) is 6.24. The zero-order valence-electron chi connectivity index (χ0n) is 10.2. The van der Waals surface area contributed by atoms with E-state index >= 15 is 0 Å². The number of anilines is 1. The van der Waals surface area contributed by atoms with Crippen molar-refractivity contribution in [3.05, 3.63) is 59.3 Å². The van der Waals surface area contributed by atoms with Crippen molar-refractivity contribution in [3.63, 3.8) is 0 Å². The van der Waals surface area contributed by atoms with Crippen LogP contribution in [0.15, 0.2) is 42.6 Å². The van der Waals surface area contributed by atoms with Crippen LogP contribution in [0.5, 0.6) is 0 Å². The van der Waals surface area contributed by atoms with Gasteiger partial charge in [-0.25, -0.2) is 4.98 Å². The highest BCUT2D eigenvalue weighted by Crippen LogP contribution is 2.22. The van der Waals surface area contributed by atoms with Crippen LogP contribution in [0.25, 0.3) is 0 Å². The summed E-state index contributed by atoms with van der Waals surface area (Å²) in [5.41, 5.74) is 3.69. The first-order valence-electron chi connectivity index (χ1n) is 6.24. The third-order valence-electron chi connectivity index (χ3n) is 3.45. The van der Waals surface area contributed by atoms with E-state index in [-0.39, 0.29) is 6.61 Å². The summed E-state index contributed by atoms with van der Waals surface area (Å²) in [6.07, 6.45) is 2.81. The number of aliphatic hydroxyl groups is 1. The molecular formula is C15H16N2O. The Morgan fingerprint density at radius 1 is 1.11 bits per heavy atom. The Bertz CT molecular complexity index is 536. The molecule has 1 aromatic heterocycles. The van der Waals surface area contributed by atoms with Crippen molar-refractivity contribution >= 4 is 5.82 Å². The van der Waals surface area contributed by atoms with Crippen LogP contribution in [0.2, 0.25) is 0 Å². The zero-order valence-corrected chi connectivity index (χ0v) is 10.2. The van der Waals surface area contributed by atoms with Crippen molar-refractivity contribution < 1.29 is 5.11 Å². The lowest BCUT2D eigenvalue weighted by Crippen LogP contribution is -2.30. The van der Waals surface area contributed by atoms with Gasteiger partial charge in [-0.05, 0) is 29.2 Å². The lowest BCUT2D eigenvalue weighted by Gasteiger charge is -2.29. The van der Waals surface area contributed by atoms with Gasteiger partial charge in [-0.3, -0.25) is 0 Å². The van der Waals surface area contributed by atoms with Gasteiger partial charge in [-0.2, -0.15) is 0 Å². The molecule has 0 saturated heterocycles. The predicted octanol–water partition coefficient (Wildman–Crippen LogP) is 2.14. The van der Waals surface area contributed by atoms with E-state index in [1.807, 2.05) is 12.1 Å². The van der Waals surface area contributed by atoms with Crippen molar-refractivity contribution in [3.8, 4) is 0 Å². The summed E-state index contributed by atoms with van der Waals surface area (Å²) in [6, 6.07) is 12.5. The number of aliphatic hydroxyl groups excluding tert-OH is 1. The molecule has 0 saturated carbocycles. The predicted molar refractivity (Wildman–Crippen MR) is 71.4 cm³/mol. The summed E-state index contributed by atoms with van der Waals surface area (Å²) in [6.45, 7) is 1.97. The van der Waals surface area contributed by atoms with Crippen LogP contribution < -0.4 is 4.90 Å². The molecule has 0 bridgehead atoms. The fourth-order valence-corrected chi connectivity index (χ4v) is 2.39. The lowest BCUT2D eigenvalue weighted by molar-refractivity contribution is 0.281. The number of hydrogen-bond donors (Lipinski definition) is 1. The average molecular weight is 240 g/mol. The number of pyridine rings is 1. The molecule has 0 amide bonds. The summed E-state index contributed by atoms with van der Waals surface area (Å²) in [4.78, 5) is 6.69. The second-order valence-electron chi connectivity index (χ2n) is 4.62. The highest BCUT2D eigenvalue weighted by atomic mass is 16.3. The quantitative estimate of drug-likeness (QED) is 0.873. The third-order valence-corrected chi connectivity index (χ3v) is 3.45. The Hall–Kier alpha value is -1.87. The van der Waals surface area contributed by atoms with Gasteiger partial charge in [0.1, 0.15) is 5.82 Å². The van der Waals surface area contributed by atoms with Crippen LogP contribution in [0, 0.1) is 0 Å². The molecule has 0 unspecified atom stereocenters. The normalized spacial score (nSPS) is 14.4. The third kappa shape index (κ3) is 2.09. The fraction of sp³-hybridized carbons (Fsp3) is 0.267. The maximum absolute atomic E-state index is 9.02. The molecule has 1 aromatic carbocycles. The number of benzene rings is 1. The van der Waals surface area contributed by atoms with Gasteiger partial charge < -0.3 is 10.0 Å². The van der Waals surface area contributed by atoms with Gasteiger partial charge in [0.25, 0.3) is 0 Å². The van der Waals surface area contributed by atoms with Crippen LogP contribution in [0.4, 0.5) is 5.82 Å². The minimum Gasteiger partial charge on any atom is -0.392 e. The van der Waals surface area contributed by atoms with Gasteiger partial charge in [-0.15, -0.1) is 0 Å². The summed E-state index contributed by atoms with van der Waals surface area (Å²) >= 11 is 0. The molecule has 1 aliphatic rings. The van der Waals surface area contributed by atoms with E-state index in [2.05, 4.69) is 34.1 Å². The number of fused-ring (bicyclic) bond motifs is 1. The number of rotatable bonds is 2. The zero-order chi connectivity index (χ0) is 12.4. The second kappa shape index (κ2) is 4.78. The largest absolute Gasteiger partial charge is 0.392 e. The molecular weight excluding hydrogens is 224 g/mol. The molecule has 0 atom stereocenters. The molecule has 1 N–H and O–H groups in total. The Kier molecular flexibility index (Phi) is 2.99. The molecule has 18 heavy (non-hydrogen) atoms. The van der Waals surface area contributed by atoms with Gasteiger partial charge in [-0.1, -0.05) is 30.3 Å². The van der Waals surface area contributed by atoms with Crippen LogP contribution in [0.1, 0.15) is 16.7 Å². The van der Waals surface area contributed by atoms with Gasteiger partial charge in [0.15, 0.2) is 0 Å². The summed E-state index contributed by atoms with van der Waals surface area (Å²) in [7, 11) is 0. The van der Waals surface area contributed by atoms with Gasteiger partial charge in [0.05, 0.1) is 6.61 Å². The summed E-state index contributed by atoms with van der Waals surface area (Å²) < 4.78 is 0. The molecule has 2 heterocycles. The molecule has 3 nitrogen and oxygen atoms in total. The molecule has 3 heteroatoms. The molecule has 1 aliphatic heterocycles. The standard InChI is InChI=1S/C15H16N2O/c18-11-12-5-6-15(16-9-12)17-8-7-13-3-1-2-4-14(13)10-17/h1-6,9,18H,7-8,10-11H2.